The molecule has 0 atom stereocenters. The number of pyridine rings is 1. The minimum Gasteiger partial charge on any atom is -0.366 e. The summed E-state index contributed by atoms with van der Waals surface area (Å²) in [6.45, 7) is 1.95. The second-order valence-corrected chi connectivity index (χ2v) is 6.38. The molecule has 0 aliphatic rings. The van der Waals surface area contributed by atoms with Crippen LogP contribution in [-0.4, -0.2) is 16.8 Å². The molecule has 0 aliphatic heterocycles. The highest BCUT2D eigenvalue weighted by Gasteiger charge is 2.07. The Morgan fingerprint density at radius 3 is 2.45 bits per heavy atom. The molecular formula is C22H19ClFN3O2. The average molecular weight is 412 g/mol. The van der Waals surface area contributed by atoms with Crippen molar-refractivity contribution in [1.29, 1.82) is 0 Å². The van der Waals surface area contributed by atoms with E-state index in [1.54, 1.807) is 36.7 Å². The topological polar surface area (TPSA) is 85.1 Å². The lowest BCUT2D eigenvalue weighted by atomic mass is 10.1. The Kier molecular flexibility index (Phi) is 8.06. The van der Waals surface area contributed by atoms with Gasteiger partial charge in [0.25, 0.3) is 5.91 Å². The Morgan fingerprint density at radius 2 is 1.86 bits per heavy atom. The lowest BCUT2D eigenvalue weighted by Crippen LogP contribution is -2.11. The largest absolute Gasteiger partial charge is 0.366 e. The number of hydrogen-bond donors (Lipinski definition) is 2. The zero-order valence-corrected chi connectivity index (χ0v) is 16.4. The number of hydrogen-bond acceptors (Lipinski definition) is 3. The van der Waals surface area contributed by atoms with Crippen LogP contribution in [0.2, 0.25) is 5.02 Å². The third-order valence-corrected chi connectivity index (χ3v) is 3.91. The Hall–Kier alpha value is -3.51. The van der Waals surface area contributed by atoms with E-state index in [-0.39, 0.29) is 10.9 Å². The van der Waals surface area contributed by atoms with Gasteiger partial charge in [0.15, 0.2) is 0 Å². The summed E-state index contributed by atoms with van der Waals surface area (Å²) in [5, 5.41) is 2.64. The maximum atomic E-state index is 13.0. The quantitative estimate of drug-likeness (QED) is 0.614. The Balaban J connectivity index is 0.000000234. The number of amides is 2. The highest BCUT2D eigenvalue weighted by Crippen LogP contribution is 2.20. The number of rotatable bonds is 4. The number of carbonyl (C=O) groups is 2. The summed E-state index contributed by atoms with van der Waals surface area (Å²) in [5.41, 5.74) is 7.85. The van der Waals surface area contributed by atoms with Crippen molar-refractivity contribution >= 4 is 35.2 Å². The van der Waals surface area contributed by atoms with E-state index in [2.05, 4.69) is 10.3 Å². The summed E-state index contributed by atoms with van der Waals surface area (Å²) in [4.78, 5) is 26.0. The summed E-state index contributed by atoms with van der Waals surface area (Å²) in [7, 11) is 0. The molecular weight excluding hydrogens is 393 g/mol. The number of halogens is 2. The van der Waals surface area contributed by atoms with Crippen molar-refractivity contribution in [3.05, 3.63) is 101 Å². The highest BCUT2D eigenvalue weighted by atomic mass is 35.5. The minimum atomic E-state index is -0.509. The molecule has 148 valence electrons. The van der Waals surface area contributed by atoms with Crippen molar-refractivity contribution in [2.24, 2.45) is 5.73 Å². The van der Waals surface area contributed by atoms with Crippen molar-refractivity contribution in [2.45, 2.75) is 6.92 Å². The first kappa shape index (κ1) is 21.8. The van der Waals surface area contributed by atoms with Crippen LogP contribution in [0, 0.1) is 12.7 Å². The number of primary amides is 1. The lowest BCUT2D eigenvalue weighted by molar-refractivity contribution is -0.113. The van der Waals surface area contributed by atoms with E-state index >= 15 is 0 Å². The van der Waals surface area contributed by atoms with Crippen LogP contribution < -0.4 is 11.1 Å². The first-order valence-electron chi connectivity index (χ1n) is 8.56. The number of nitrogens with two attached hydrogens (primary N) is 1. The van der Waals surface area contributed by atoms with Gasteiger partial charge in [0.1, 0.15) is 5.82 Å². The predicted molar refractivity (Wildman–Crippen MR) is 113 cm³/mol. The number of aromatic nitrogens is 1. The molecule has 0 aliphatic carbocycles. The maximum absolute atomic E-state index is 13.0. The first-order valence-corrected chi connectivity index (χ1v) is 8.93. The van der Waals surface area contributed by atoms with E-state index in [0.29, 0.717) is 11.3 Å². The molecule has 3 N–H and O–H groups in total. The van der Waals surface area contributed by atoms with Crippen LogP contribution in [0.1, 0.15) is 21.5 Å². The van der Waals surface area contributed by atoms with Crippen LogP contribution in [0.15, 0.2) is 73.1 Å². The molecule has 2 aromatic carbocycles. The zero-order chi connectivity index (χ0) is 21.2. The van der Waals surface area contributed by atoms with Crippen molar-refractivity contribution in [2.75, 3.05) is 5.32 Å². The smallest absolute Gasteiger partial charge is 0.255 e. The lowest BCUT2D eigenvalue weighted by Gasteiger charge is -2.06. The second kappa shape index (κ2) is 10.7. The Morgan fingerprint density at radius 1 is 1.14 bits per heavy atom. The third kappa shape index (κ3) is 7.56. The van der Waals surface area contributed by atoms with Crippen LogP contribution in [-0.2, 0) is 4.79 Å². The molecule has 0 bridgehead atoms. The molecule has 0 unspecified atom stereocenters. The molecule has 3 rings (SSSR count). The number of carbonyl (C=O) groups excluding carboxylic acids is 2. The van der Waals surface area contributed by atoms with Crippen LogP contribution in [0.25, 0.3) is 6.08 Å². The molecule has 0 radical (unpaired) electrons. The fourth-order valence-corrected chi connectivity index (χ4v) is 2.32. The van der Waals surface area contributed by atoms with Gasteiger partial charge in [-0.3, -0.25) is 14.6 Å². The van der Waals surface area contributed by atoms with Gasteiger partial charge >= 0.3 is 0 Å². The SMILES string of the molecule is Cc1ccc(C(=O)Nc2ccc(F)c(Cl)c2)cc1.NC(=O)C=Cc1cccnc1. The van der Waals surface area contributed by atoms with Crippen molar-refractivity contribution < 1.29 is 14.0 Å². The van der Waals surface area contributed by atoms with E-state index in [1.807, 2.05) is 25.1 Å². The van der Waals surface area contributed by atoms with E-state index in [0.717, 1.165) is 11.1 Å². The van der Waals surface area contributed by atoms with Gasteiger partial charge in [-0.15, -0.1) is 0 Å². The van der Waals surface area contributed by atoms with E-state index < -0.39 is 11.7 Å². The summed E-state index contributed by atoms with van der Waals surface area (Å²) in [5.74, 6) is -1.21. The molecule has 29 heavy (non-hydrogen) atoms. The standard InChI is InChI=1S/C14H11ClFNO.C8H8N2O/c1-9-2-4-10(5-3-9)14(18)17-11-6-7-13(16)12(15)8-11;9-8(11)4-3-7-2-1-5-10-6-7/h2-8H,1H3,(H,17,18);1-6H,(H2,9,11). The zero-order valence-electron chi connectivity index (χ0n) is 15.6. The van der Waals surface area contributed by atoms with Crippen LogP contribution >= 0.6 is 11.6 Å². The minimum absolute atomic E-state index is 0.0169. The van der Waals surface area contributed by atoms with Crippen LogP contribution in [0.3, 0.4) is 0 Å². The summed E-state index contributed by atoms with van der Waals surface area (Å²) < 4.78 is 13.0. The van der Waals surface area contributed by atoms with Crippen molar-refractivity contribution in [3.8, 4) is 0 Å². The van der Waals surface area contributed by atoms with Gasteiger partial charge in [-0.1, -0.05) is 35.4 Å². The normalized spacial score (nSPS) is 10.2. The Labute approximate surface area is 173 Å². The molecule has 0 saturated heterocycles. The van der Waals surface area contributed by atoms with E-state index in [1.165, 1.54) is 24.3 Å². The molecule has 1 heterocycles. The van der Waals surface area contributed by atoms with Crippen molar-refractivity contribution in [3.63, 3.8) is 0 Å². The fourth-order valence-electron chi connectivity index (χ4n) is 2.13. The monoisotopic (exact) mass is 411 g/mol. The first-order chi connectivity index (χ1) is 13.8. The molecule has 7 heteroatoms. The van der Waals surface area contributed by atoms with Gasteiger partial charge in [-0.05, 0) is 55.0 Å². The number of anilines is 1. The highest BCUT2D eigenvalue weighted by molar-refractivity contribution is 6.31. The number of benzene rings is 2. The van der Waals surface area contributed by atoms with Gasteiger partial charge in [0, 0.05) is 29.7 Å². The van der Waals surface area contributed by atoms with Crippen LogP contribution in [0.4, 0.5) is 10.1 Å². The molecule has 3 aromatic rings. The van der Waals surface area contributed by atoms with E-state index in [9.17, 15) is 14.0 Å². The third-order valence-electron chi connectivity index (χ3n) is 3.62. The molecule has 0 saturated carbocycles. The van der Waals surface area contributed by atoms with Gasteiger partial charge in [0.05, 0.1) is 5.02 Å². The molecule has 0 spiro atoms. The van der Waals surface area contributed by atoms with Gasteiger partial charge in [0.2, 0.25) is 5.91 Å². The molecule has 1 aromatic heterocycles. The fraction of sp³-hybridized carbons (Fsp3) is 0.0455. The molecule has 0 fully saturated rings. The molecule has 5 nitrogen and oxygen atoms in total. The van der Waals surface area contributed by atoms with Gasteiger partial charge in [-0.25, -0.2) is 4.39 Å². The van der Waals surface area contributed by atoms with Crippen molar-refractivity contribution in [1.82, 2.24) is 4.98 Å². The number of nitrogens with one attached hydrogen (secondary N) is 1. The van der Waals surface area contributed by atoms with Gasteiger partial charge in [-0.2, -0.15) is 0 Å². The summed E-state index contributed by atoms with van der Waals surface area (Å²) in [6, 6.07) is 14.9. The summed E-state index contributed by atoms with van der Waals surface area (Å²) in [6.07, 6.45) is 6.24. The number of nitrogens with zero attached hydrogens (tertiary/aromatic N) is 1. The van der Waals surface area contributed by atoms with Crippen LogP contribution in [0.5, 0.6) is 0 Å². The second-order valence-electron chi connectivity index (χ2n) is 5.97. The average Bonchev–Trinajstić information content (AvgIpc) is 2.71. The van der Waals surface area contributed by atoms with E-state index in [4.69, 9.17) is 17.3 Å². The summed E-state index contributed by atoms with van der Waals surface area (Å²) >= 11 is 5.64. The maximum Gasteiger partial charge on any atom is 0.255 e. The molecule has 2 amide bonds. The Bertz CT molecular complexity index is 1010. The van der Waals surface area contributed by atoms with Gasteiger partial charge < -0.3 is 11.1 Å². The number of aryl methyl sites for hydroxylation is 1. The predicted octanol–water partition coefficient (Wildman–Crippen LogP) is 4.62.